The fraction of sp³-hybridized carbons (Fsp3) is 0.167. The van der Waals surface area contributed by atoms with Gasteiger partial charge in [0.2, 0.25) is 0 Å². The fourth-order valence-electron chi connectivity index (χ4n) is 1.56. The van der Waals surface area contributed by atoms with Crippen molar-refractivity contribution >= 4 is 5.82 Å². The first-order valence-corrected chi connectivity index (χ1v) is 5.26. The number of halogens is 1. The maximum atomic E-state index is 13.5. The molecule has 0 aliphatic carbocycles. The molecule has 0 saturated carbocycles. The number of nitrogen functional groups attached to an aromatic ring is 1. The molecule has 0 saturated heterocycles. The Balaban J connectivity index is 2.31. The third-order valence-corrected chi connectivity index (χ3v) is 2.44. The summed E-state index contributed by atoms with van der Waals surface area (Å²) in [6, 6.07) is 7.22. The van der Waals surface area contributed by atoms with Gasteiger partial charge in [0.1, 0.15) is 5.82 Å². The molecule has 2 N–H and O–H groups in total. The van der Waals surface area contributed by atoms with Crippen molar-refractivity contribution in [3.8, 4) is 5.75 Å². The van der Waals surface area contributed by atoms with Gasteiger partial charge in [-0.05, 0) is 23.8 Å². The summed E-state index contributed by atoms with van der Waals surface area (Å²) in [4.78, 5) is 11.5. The zero-order chi connectivity index (χ0) is 13.1. The van der Waals surface area contributed by atoms with Gasteiger partial charge in [-0.3, -0.25) is 4.79 Å². The fourth-order valence-corrected chi connectivity index (χ4v) is 1.56. The van der Waals surface area contributed by atoms with Crippen molar-refractivity contribution in [3.63, 3.8) is 0 Å². The molecule has 0 spiro atoms. The molecular formula is C12H12FN3O2. The highest BCUT2D eigenvalue weighted by molar-refractivity contribution is 5.29. The summed E-state index contributed by atoms with van der Waals surface area (Å²) < 4.78 is 19.5. The Hall–Kier alpha value is -2.37. The van der Waals surface area contributed by atoms with Crippen molar-refractivity contribution < 1.29 is 9.13 Å². The Bertz CT molecular complexity index is 625. The lowest BCUT2D eigenvalue weighted by Crippen LogP contribution is -2.23. The summed E-state index contributed by atoms with van der Waals surface area (Å²) >= 11 is 0. The van der Waals surface area contributed by atoms with E-state index in [2.05, 4.69) is 5.10 Å². The standard InChI is InChI=1S/C12H12FN3O2/c1-18-10-3-2-8(6-9(10)13)7-16-12(17)5-4-11(14)15-16/h2-6H,7H2,1H3,(H2,14,15). The van der Waals surface area contributed by atoms with Crippen molar-refractivity contribution in [1.29, 1.82) is 0 Å². The summed E-state index contributed by atoms with van der Waals surface area (Å²) in [6.07, 6.45) is 0. The van der Waals surface area contributed by atoms with Crippen LogP contribution >= 0.6 is 0 Å². The van der Waals surface area contributed by atoms with Gasteiger partial charge in [-0.2, -0.15) is 5.10 Å². The van der Waals surface area contributed by atoms with Crippen LogP contribution in [0, 0.1) is 5.82 Å². The third-order valence-electron chi connectivity index (χ3n) is 2.44. The van der Waals surface area contributed by atoms with E-state index < -0.39 is 5.82 Å². The van der Waals surface area contributed by atoms with Gasteiger partial charge in [0.15, 0.2) is 11.6 Å². The number of hydrogen-bond acceptors (Lipinski definition) is 4. The number of hydrogen-bond donors (Lipinski definition) is 1. The number of rotatable bonds is 3. The number of benzene rings is 1. The van der Waals surface area contributed by atoms with Crippen LogP contribution in [0.15, 0.2) is 35.1 Å². The van der Waals surface area contributed by atoms with Crippen LogP contribution in [0.3, 0.4) is 0 Å². The molecule has 2 aromatic rings. The number of nitrogens with two attached hydrogens (primary N) is 1. The molecule has 5 nitrogen and oxygen atoms in total. The predicted molar refractivity (Wildman–Crippen MR) is 65.0 cm³/mol. The van der Waals surface area contributed by atoms with Crippen LogP contribution in [0.1, 0.15) is 5.56 Å². The number of methoxy groups -OCH3 is 1. The first-order chi connectivity index (χ1) is 8.60. The summed E-state index contributed by atoms with van der Waals surface area (Å²) in [6.45, 7) is 0.158. The minimum atomic E-state index is -0.480. The average molecular weight is 249 g/mol. The summed E-state index contributed by atoms with van der Waals surface area (Å²) in [5, 5.41) is 3.87. The van der Waals surface area contributed by atoms with Gasteiger partial charge in [-0.15, -0.1) is 0 Å². The quantitative estimate of drug-likeness (QED) is 0.881. The highest BCUT2D eigenvalue weighted by atomic mass is 19.1. The number of anilines is 1. The van der Waals surface area contributed by atoms with E-state index in [9.17, 15) is 9.18 Å². The second-order valence-corrected chi connectivity index (χ2v) is 3.72. The average Bonchev–Trinajstić information content (AvgIpc) is 2.34. The lowest BCUT2D eigenvalue weighted by molar-refractivity contribution is 0.386. The first-order valence-electron chi connectivity index (χ1n) is 5.26. The zero-order valence-electron chi connectivity index (χ0n) is 9.76. The lowest BCUT2D eigenvalue weighted by Gasteiger charge is -2.07. The zero-order valence-corrected chi connectivity index (χ0v) is 9.76. The molecule has 18 heavy (non-hydrogen) atoms. The van der Waals surface area contributed by atoms with E-state index in [1.807, 2.05) is 0 Å². The van der Waals surface area contributed by atoms with Crippen LogP contribution < -0.4 is 16.0 Å². The molecule has 2 rings (SSSR count). The lowest BCUT2D eigenvalue weighted by atomic mass is 10.2. The minimum Gasteiger partial charge on any atom is -0.494 e. The van der Waals surface area contributed by atoms with Gasteiger partial charge in [-0.25, -0.2) is 9.07 Å². The summed E-state index contributed by atoms with van der Waals surface area (Å²) in [5.41, 5.74) is 5.81. The second-order valence-electron chi connectivity index (χ2n) is 3.72. The van der Waals surface area contributed by atoms with Crippen LogP contribution in [0.5, 0.6) is 5.75 Å². The molecule has 94 valence electrons. The highest BCUT2D eigenvalue weighted by Crippen LogP contribution is 2.17. The van der Waals surface area contributed by atoms with Crippen LogP contribution in [0.4, 0.5) is 10.2 Å². The van der Waals surface area contributed by atoms with E-state index >= 15 is 0 Å². The molecule has 0 bridgehead atoms. The maximum absolute atomic E-state index is 13.5. The van der Waals surface area contributed by atoms with Gasteiger partial charge in [-0.1, -0.05) is 6.07 Å². The van der Waals surface area contributed by atoms with Crippen molar-refractivity contribution in [3.05, 3.63) is 52.1 Å². The second kappa shape index (κ2) is 4.87. The van der Waals surface area contributed by atoms with E-state index in [1.54, 1.807) is 6.07 Å². The number of nitrogens with zero attached hydrogens (tertiary/aromatic N) is 2. The predicted octanol–water partition coefficient (Wildman–Crippen LogP) is 1.02. The number of ether oxygens (including phenoxy) is 1. The van der Waals surface area contributed by atoms with Crippen LogP contribution in [-0.2, 0) is 6.54 Å². The van der Waals surface area contributed by atoms with E-state index in [0.717, 1.165) is 0 Å². The van der Waals surface area contributed by atoms with Crippen LogP contribution in [0.25, 0.3) is 0 Å². The normalized spacial score (nSPS) is 10.3. The molecule has 0 amide bonds. The molecule has 0 radical (unpaired) electrons. The molecule has 0 atom stereocenters. The Kier molecular flexibility index (Phi) is 3.27. The largest absolute Gasteiger partial charge is 0.494 e. The third kappa shape index (κ3) is 2.48. The Morgan fingerprint density at radius 1 is 1.39 bits per heavy atom. The van der Waals surface area contributed by atoms with Gasteiger partial charge >= 0.3 is 0 Å². The molecule has 0 fully saturated rings. The molecule has 0 aliphatic heterocycles. The van der Waals surface area contributed by atoms with Crippen molar-refractivity contribution in [2.45, 2.75) is 6.54 Å². The van der Waals surface area contributed by atoms with Gasteiger partial charge in [0.25, 0.3) is 5.56 Å². The SMILES string of the molecule is COc1ccc(Cn2nc(N)ccc2=O)cc1F. The smallest absolute Gasteiger partial charge is 0.267 e. The molecule has 1 aromatic carbocycles. The molecule has 0 aliphatic rings. The van der Waals surface area contributed by atoms with E-state index in [1.165, 1.54) is 36.1 Å². The maximum Gasteiger partial charge on any atom is 0.267 e. The van der Waals surface area contributed by atoms with Crippen LogP contribution in [0.2, 0.25) is 0 Å². The van der Waals surface area contributed by atoms with Crippen molar-refractivity contribution in [1.82, 2.24) is 9.78 Å². The molecule has 1 aromatic heterocycles. The summed E-state index contributed by atoms with van der Waals surface area (Å²) in [5.74, 6) is -0.0813. The summed E-state index contributed by atoms with van der Waals surface area (Å²) in [7, 11) is 1.39. The minimum absolute atomic E-state index is 0.158. The number of aromatic nitrogens is 2. The van der Waals surface area contributed by atoms with Gasteiger partial charge in [0, 0.05) is 6.07 Å². The topological polar surface area (TPSA) is 70.1 Å². The molecule has 0 unspecified atom stereocenters. The van der Waals surface area contributed by atoms with Crippen molar-refractivity contribution in [2.75, 3.05) is 12.8 Å². The van der Waals surface area contributed by atoms with E-state index in [4.69, 9.17) is 10.5 Å². The van der Waals surface area contributed by atoms with Gasteiger partial charge in [0.05, 0.1) is 13.7 Å². The van der Waals surface area contributed by atoms with Crippen molar-refractivity contribution in [2.24, 2.45) is 0 Å². The Labute approximate surface area is 103 Å². The van der Waals surface area contributed by atoms with Gasteiger partial charge < -0.3 is 10.5 Å². The monoisotopic (exact) mass is 249 g/mol. The Morgan fingerprint density at radius 2 is 2.17 bits per heavy atom. The molecular weight excluding hydrogens is 237 g/mol. The first kappa shape index (κ1) is 12.1. The molecule has 6 heteroatoms. The molecule has 1 heterocycles. The van der Waals surface area contributed by atoms with Crippen LogP contribution in [-0.4, -0.2) is 16.9 Å². The highest BCUT2D eigenvalue weighted by Gasteiger charge is 2.05. The Morgan fingerprint density at radius 3 is 2.83 bits per heavy atom. The van der Waals surface area contributed by atoms with E-state index in [-0.39, 0.29) is 23.7 Å². The van der Waals surface area contributed by atoms with E-state index in [0.29, 0.717) is 5.56 Å².